The van der Waals surface area contributed by atoms with Crippen molar-refractivity contribution in [2.24, 2.45) is 0 Å². The third kappa shape index (κ3) is 1.83. The van der Waals surface area contributed by atoms with Gasteiger partial charge >= 0.3 is 0 Å². The maximum atomic E-state index is 2.40. The zero-order valence-electron chi connectivity index (χ0n) is 6.30. The van der Waals surface area contributed by atoms with Crippen molar-refractivity contribution in [1.29, 1.82) is 0 Å². The molecule has 0 saturated heterocycles. The van der Waals surface area contributed by atoms with Crippen LogP contribution in [0.5, 0.6) is 0 Å². The molecule has 1 nitrogen and oxygen atoms in total. The van der Waals surface area contributed by atoms with E-state index in [-0.39, 0.29) is 0 Å². The Kier molecular flexibility index (Phi) is 2.29. The third-order valence-electron chi connectivity index (χ3n) is 2.04. The van der Waals surface area contributed by atoms with Gasteiger partial charge in [0.2, 0.25) is 0 Å². The molecule has 0 unspecified atom stereocenters. The molecule has 1 rings (SSSR count). The Labute approximate surface area is 57.4 Å². The average molecular weight is 125 g/mol. The first kappa shape index (κ1) is 6.81. The Balaban J connectivity index is 2.42. The minimum absolute atomic E-state index is 0.740. The molecule has 52 valence electrons. The van der Waals surface area contributed by atoms with E-state index in [1.165, 1.54) is 19.4 Å². The van der Waals surface area contributed by atoms with E-state index >= 15 is 0 Å². The third-order valence-corrected chi connectivity index (χ3v) is 2.04. The Morgan fingerprint density at radius 1 is 1.44 bits per heavy atom. The van der Waals surface area contributed by atoms with Crippen LogP contribution >= 0.6 is 0 Å². The van der Waals surface area contributed by atoms with E-state index < -0.39 is 0 Å². The van der Waals surface area contributed by atoms with Crippen molar-refractivity contribution in [3.8, 4) is 0 Å². The SMILES string of the molecule is C[C@@H]1CC=CCCN1C. The van der Waals surface area contributed by atoms with E-state index in [1.54, 1.807) is 0 Å². The lowest BCUT2D eigenvalue weighted by molar-refractivity contribution is 0.270. The summed E-state index contributed by atoms with van der Waals surface area (Å²) in [7, 11) is 2.19. The molecule has 1 aliphatic rings. The maximum absolute atomic E-state index is 2.40. The molecule has 0 aromatic heterocycles. The summed E-state index contributed by atoms with van der Waals surface area (Å²) in [6, 6.07) is 0.740. The Bertz CT molecular complexity index is 107. The molecule has 0 spiro atoms. The second-order valence-electron chi connectivity index (χ2n) is 2.83. The highest BCUT2D eigenvalue weighted by Crippen LogP contribution is 2.07. The van der Waals surface area contributed by atoms with Crippen molar-refractivity contribution in [1.82, 2.24) is 4.90 Å². The molecule has 0 saturated carbocycles. The minimum Gasteiger partial charge on any atom is -0.303 e. The monoisotopic (exact) mass is 125 g/mol. The lowest BCUT2D eigenvalue weighted by Crippen LogP contribution is -2.27. The summed E-state index contributed by atoms with van der Waals surface area (Å²) in [6.07, 6.45) is 7.01. The number of nitrogens with zero attached hydrogens (tertiary/aromatic N) is 1. The van der Waals surface area contributed by atoms with E-state index in [1.807, 2.05) is 0 Å². The van der Waals surface area contributed by atoms with Gasteiger partial charge in [0, 0.05) is 12.6 Å². The Hall–Kier alpha value is -0.300. The van der Waals surface area contributed by atoms with Gasteiger partial charge in [0.1, 0.15) is 0 Å². The minimum atomic E-state index is 0.740. The van der Waals surface area contributed by atoms with Crippen molar-refractivity contribution in [2.75, 3.05) is 13.6 Å². The van der Waals surface area contributed by atoms with E-state index in [0.29, 0.717) is 0 Å². The van der Waals surface area contributed by atoms with Crippen LogP contribution in [0.4, 0.5) is 0 Å². The van der Waals surface area contributed by atoms with E-state index in [0.717, 1.165) is 6.04 Å². The number of rotatable bonds is 0. The maximum Gasteiger partial charge on any atom is 0.00985 e. The molecule has 0 aliphatic carbocycles. The van der Waals surface area contributed by atoms with Crippen molar-refractivity contribution >= 4 is 0 Å². The summed E-state index contributed by atoms with van der Waals surface area (Å²) >= 11 is 0. The van der Waals surface area contributed by atoms with Crippen LogP contribution in [0.2, 0.25) is 0 Å². The highest BCUT2D eigenvalue weighted by Gasteiger charge is 2.07. The second kappa shape index (κ2) is 3.02. The molecule has 0 fully saturated rings. The van der Waals surface area contributed by atoms with Gasteiger partial charge in [-0.3, -0.25) is 0 Å². The number of hydrogen-bond donors (Lipinski definition) is 0. The molecular weight excluding hydrogens is 110 g/mol. The Morgan fingerprint density at radius 2 is 2.22 bits per heavy atom. The van der Waals surface area contributed by atoms with Crippen LogP contribution in [-0.2, 0) is 0 Å². The molecule has 0 aromatic rings. The fourth-order valence-corrected chi connectivity index (χ4v) is 1.09. The van der Waals surface area contributed by atoms with Gasteiger partial charge in [0.15, 0.2) is 0 Å². The lowest BCUT2D eigenvalue weighted by atomic mass is 10.2. The fraction of sp³-hybridized carbons (Fsp3) is 0.750. The van der Waals surface area contributed by atoms with E-state index in [2.05, 4.69) is 31.0 Å². The van der Waals surface area contributed by atoms with Crippen LogP contribution < -0.4 is 0 Å². The van der Waals surface area contributed by atoms with Gasteiger partial charge in [0.25, 0.3) is 0 Å². The smallest absolute Gasteiger partial charge is 0.00985 e. The largest absolute Gasteiger partial charge is 0.303 e. The van der Waals surface area contributed by atoms with Crippen molar-refractivity contribution < 1.29 is 0 Å². The fourth-order valence-electron chi connectivity index (χ4n) is 1.09. The highest BCUT2D eigenvalue weighted by atomic mass is 15.1. The molecule has 0 amide bonds. The zero-order chi connectivity index (χ0) is 6.69. The topological polar surface area (TPSA) is 3.24 Å². The molecule has 0 bridgehead atoms. The molecule has 1 heterocycles. The van der Waals surface area contributed by atoms with Crippen molar-refractivity contribution in [3.05, 3.63) is 12.2 Å². The van der Waals surface area contributed by atoms with Crippen LogP contribution in [0.3, 0.4) is 0 Å². The molecule has 1 atom stereocenters. The van der Waals surface area contributed by atoms with Crippen LogP contribution in [-0.4, -0.2) is 24.5 Å². The van der Waals surface area contributed by atoms with E-state index in [4.69, 9.17) is 0 Å². The van der Waals surface area contributed by atoms with Gasteiger partial charge < -0.3 is 4.90 Å². The van der Waals surface area contributed by atoms with Crippen molar-refractivity contribution in [2.45, 2.75) is 25.8 Å². The van der Waals surface area contributed by atoms with E-state index in [9.17, 15) is 0 Å². The summed E-state index contributed by atoms with van der Waals surface area (Å²) < 4.78 is 0. The van der Waals surface area contributed by atoms with Gasteiger partial charge in [-0.1, -0.05) is 12.2 Å². The highest BCUT2D eigenvalue weighted by molar-refractivity contribution is 4.89. The summed E-state index contributed by atoms with van der Waals surface area (Å²) in [5, 5.41) is 0. The Morgan fingerprint density at radius 3 is 3.00 bits per heavy atom. The molecule has 9 heavy (non-hydrogen) atoms. The summed E-state index contributed by atoms with van der Waals surface area (Å²) in [4.78, 5) is 2.40. The van der Waals surface area contributed by atoms with Crippen molar-refractivity contribution in [3.63, 3.8) is 0 Å². The molecule has 1 heteroatoms. The predicted molar refractivity (Wildman–Crippen MR) is 40.5 cm³/mol. The van der Waals surface area contributed by atoms with Gasteiger partial charge in [0.05, 0.1) is 0 Å². The van der Waals surface area contributed by atoms with Crippen LogP contribution in [0.15, 0.2) is 12.2 Å². The van der Waals surface area contributed by atoms with Crippen LogP contribution in [0.25, 0.3) is 0 Å². The van der Waals surface area contributed by atoms with Gasteiger partial charge in [-0.05, 0) is 26.8 Å². The van der Waals surface area contributed by atoms with Gasteiger partial charge in [-0.15, -0.1) is 0 Å². The molecular formula is C8H15N. The first-order chi connectivity index (χ1) is 4.30. The summed E-state index contributed by atoms with van der Waals surface area (Å²) in [5.41, 5.74) is 0. The molecule has 1 aliphatic heterocycles. The quantitative estimate of drug-likeness (QED) is 0.445. The molecule has 0 N–H and O–H groups in total. The average Bonchev–Trinajstić information content (AvgIpc) is 1.99. The second-order valence-corrected chi connectivity index (χ2v) is 2.83. The van der Waals surface area contributed by atoms with Gasteiger partial charge in [-0.2, -0.15) is 0 Å². The summed E-state index contributed by atoms with van der Waals surface area (Å²) in [5.74, 6) is 0. The summed E-state index contributed by atoms with van der Waals surface area (Å²) in [6.45, 7) is 3.49. The molecule has 0 radical (unpaired) electrons. The number of hydrogen-bond acceptors (Lipinski definition) is 1. The molecule has 0 aromatic carbocycles. The first-order valence-corrected chi connectivity index (χ1v) is 3.66. The normalized spacial score (nSPS) is 30.2. The predicted octanol–water partition coefficient (Wildman–Crippen LogP) is 1.66. The van der Waals surface area contributed by atoms with Crippen LogP contribution in [0.1, 0.15) is 19.8 Å². The van der Waals surface area contributed by atoms with Gasteiger partial charge in [-0.25, -0.2) is 0 Å². The first-order valence-electron chi connectivity index (χ1n) is 3.66. The standard InChI is InChI=1S/C8H15N/c1-8-6-4-3-5-7-9(8)2/h3-4,8H,5-7H2,1-2H3/t8-/m1/s1. The van der Waals surface area contributed by atoms with Crippen LogP contribution in [0, 0.1) is 0 Å². The zero-order valence-corrected chi connectivity index (χ0v) is 6.30. The lowest BCUT2D eigenvalue weighted by Gasteiger charge is -2.20.